The highest BCUT2D eigenvalue weighted by molar-refractivity contribution is 5.93. The van der Waals surface area contributed by atoms with E-state index < -0.39 is 0 Å². The summed E-state index contributed by atoms with van der Waals surface area (Å²) < 4.78 is 0. The molecule has 1 N–H and O–H groups in total. The maximum atomic E-state index is 12.4. The van der Waals surface area contributed by atoms with Crippen LogP contribution in [0.2, 0.25) is 0 Å². The normalized spacial score (nSPS) is 15.4. The lowest BCUT2D eigenvalue weighted by Gasteiger charge is -2.34. The molecule has 25 heavy (non-hydrogen) atoms. The van der Waals surface area contributed by atoms with E-state index >= 15 is 0 Å². The molecule has 1 aromatic heterocycles. The molecule has 132 valence electrons. The number of hydrogen-bond donors (Lipinski definition) is 1. The van der Waals surface area contributed by atoms with Gasteiger partial charge >= 0.3 is 0 Å². The molecule has 6 heteroatoms. The van der Waals surface area contributed by atoms with Gasteiger partial charge in [0.25, 0.3) is 0 Å². The molecule has 0 unspecified atom stereocenters. The van der Waals surface area contributed by atoms with E-state index in [1.807, 2.05) is 18.2 Å². The molecule has 2 heterocycles. The third-order valence-electron chi connectivity index (χ3n) is 4.47. The molecule has 2 aromatic rings. The molecule has 0 saturated carbocycles. The summed E-state index contributed by atoms with van der Waals surface area (Å²) in [7, 11) is 0. The lowest BCUT2D eigenvalue weighted by molar-refractivity contribution is -0.117. The van der Waals surface area contributed by atoms with Crippen LogP contribution in [0.3, 0.4) is 0 Å². The molecule has 1 amide bonds. The summed E-state index contributed by atoms with van der Waals surface area (Å²) in [6.07, 6.45) is 5.17. The maximum absolute atomic E-state index is 12.4. The topological polar surface area (TPSA) is 61.4 Å². The Bertz CT molecular complexity index is 696. The van der Waals surface area contributed by atoms with E-state index in [1.54, 1.807) is 18.6 Å². The van der Waals surface area contributed by atoms with Gasteiger partial charge in [-0.15, -0.1) is 0 Å². The van der Waals surface area contributed by atoms with Crippen LogP contribution in [0.25, 0.3) is 0 Å². The second-order valence-corrected chi connectivity index (χ2v) is 6.62. The van der Waals surface area contributed by atoms with Gasteiger partial charge in [-0.1, -0.05) is 32.0 Å². The fourth-order valence-electron chi connectivity index (χ4n) is 3.10. The number of aromatic nitrogens is 2. The molecular formula is C19H25N5O. The summed E-state index contributed by atoms with van der Waals surface area (Å²) in [5.41, 5.74) is 2.09. The Morgan fingerprint density at radius 3 is 2.60 bits per heavy atom. The van der Waals surface area contributed by atoms with Crippen LogP contribution in [0.15, 0.2) is 42.9 Å². The number of piperazine rings is 1. The van der Waals surface area contributed by atoms with Crippen molar-refractivity contribution in [1.82, 2.24) is 14.9 Å². The van der Waals surface area contributed by atoms with E-state index in [4.69, 9.17) is 0 Å². The van der Waals surface area contributed by atoms with Crippen molar-refractivity contribution in [2.24, 2.45) is 0 Å². The van der Waals surface area contributed by atoms with Gasteiger partial charge in [-0.2, -0.15) is 0 Å². The summed E-state index contributed by atoms with van der Waals surface area (Å²) in [4.78, 5) is 25.3. The average molecular weight is 339 g/mol. The number of para-hydroxylation sites is 1. The Hall–Kier alpha value is -2.47. The predicted molar refractivity (Wildman–Crippen MR) is 99.8 cm³/mol. The van der Waals surface area contributed by atoms with Crippen LogP contribution in [-0.2, 0) is 4.79 Å². The summed E-state index contributed by atoms with van der Waals surface area (Å²) in [5.74, 6) is 1.32. The minimum atomic E-state index is 0.0426. The Balaban J connectivity index is 1.52. The van der Waals surface area contributed by atoms with Crippen LogP contribution in [0.1, 0.15) is 25.3 Å². The monoisotopic (exact) mass is 339 g/mol. The minimum absolute atomic E-state index is 0.0426. The van der Waals surface area contributed by atoms with Crippen molar-refractivity contribution in [2.75, 3.05) is 42.9 Å². The van der Waals surface area contributed by atoms with E-state index in [9.17, 15) is 4.79 Å². The van der Waals surface area contributed by atoms with Gasteiger partial charge in [-0.25, -0.2) is 4.98 Å². The minimum Gasteiger partial charge on any atom is -0.353 e. The summed E-state index contributed by atoms with van der Waals surface area (Å²) in [5, 5.41) is 3.07. The lowest BCUT2D eigenvalue weighted by atomic mass is 10.0. The highest BCUT2D eigenvalue weighted by atomic mass is 16.2. The summed E-state index contributed by atoms with van der Waals surface area (Å²) >= 11 is 0. The molecule has 6 nitrogen and oxygen atoms in total. The quantitative estimate of drug-likeness (QED) is 0.906. The second kappa shape index (κ2) is 8.07. The summed E-state index contributed by atoms with van der Waals surface area (Å²) in [6.45, 7) is 8.09. The highest BCUT2D eigenvalue weighted by Gasteiger charge is 2.20. The molecule has 1 aliphatic heterocycles. The van der Waals surface area contributed by atoms with Gasteiger partial charge in [0.05, 0.1) is 12.7 Å². The number of amides is 1. The van der Waals surface area contributed by atoms with Crippen LogP contribution in [0.5, 0.6) is 0 Å². The van der Waals surface area contributed by atoms with Crippen molar-refractivity contribution in [1.29, 1.82) is 0 Å². The van der Waals surface area contributed by atoms with Crippen molar-refractivity contribution in [3.05, 3.63) is 48.4 Å². The molecule has 1 aromatic carbocycles. The van der Waals surface area contributed by atoms with Gasteiger partial charge in [0, 0.05) is 44.3 Å². The van der Waals surface area contributed by atoms with Gasteiger partial charge in [0.15, 0.2) is 0 Å². The van der Waals surface area contributed by atoms with Gasteiger partial charge in [0.1, 0.15) is 5.82 Å². The van der Waals surface area contributed by atoms with E-state index in [1.165, 1.54) is 5.56 Å². The number of carbonyl (C=O) groups excluding carboxylic acids is 1. The fraction of sp³-hybridized carbons (Fsp3) is 0.421. The van der Waals surface area contributed by atoms with Crippen LogP contribution in [0.4, 0.5) is 11.5 Å². The molecule has 1 fully saturated rings. The molecule has 1 saturated heterocycles. The molecule has 1 aliphatic rings. The van der Waals surface area contributed by atoms with Gasteiger partial charge in [-0.05, 0) is 17.5 Å². The zero-order valence-corrected chi connectivity index (χ0v) is 14.9. The molecule has 3 rings (SSSR count). The van der Waals surface area contributed by atoms with Gasteiger partial charge in [-0.3, -0.25) is 14.7 Å². The van der Waals surface area contributed by atoms with Gasteiger partial charge in [0.2, 0.25) is 5.91 Å². The third kappa shape index (κ3) is 4.54. The Kier molecular flexibility index (Phi) is 5.60. The van der Waals surface area contributed by atoms with Gasteiger partial charge < -0.3 is 10.2 Å². The predicted octanol–water partition coefficient (Wildman–Crippen LogP) is 2.36. The molecule has 0 aliphatic carbocycles. The Morgan fingerprint density at radius 1 is 1.16 bits per heavy atom. The largest absolute Gasteiger partial charge is 0.353 e. The molecule has 0 bridgehead atoms. The number of benzene rings is 1. The van der Waals surface area contributed by atoms with Crippen LogP contribution >= 0.6 is 0 Å². The first-order chi connectivity index (χ1) is 12.1. The molecule has 0 radical (unpaired) electrons. The van der Waals surface area contributed by atoms with E-state index in [0.717, 1.165) is 37.7 Å². The van der Waals surface area contributed by atoms with E-state index in [2.05, 4.69) is 45.0 Å². The van der Waals surface area contributed by atoms with Crippen LogP contribution in [0, 0.1) is 0 Å². The zero-order valence-electron chi connectivity index (χ0n) is 14.9. The highest BCUT2D eigenvalue weighted by Crippen LogP contribution is 2.23. The smallest absolute Gasteiger partial charge is 0.238 e. The number of carbonyl (C=O) groups is 1. The number of hydrogen-bond acceptors (Lipinski definition) is 5. The van der Waals surface area contributed by atoms with E-state index in [0.29, 0.717) is 12.5 Å². The second-order valence-electron chi connectivity index (χ2n) is 6.62. The van der Waals surface area contributed by atoms with Crippen molar-refractivity contribution >= 4 is 17.4 Å². The number of nitrogens with zero attached hydrogens (tertiary/aromatic N) is 4. The van der Waals surface area contributed by atoms with Crippen molar-refractivity contribution in [3.63, 3.8) is 0 Å². The van der Waals surface area contributed by atoms with Crippen molar-refractivity contribution in [2.45, 2.75) is 19.8 Å². The van der Waals surface area contributed by atoms with Crippen molar-refractivity contribution < 1.29 is 4.79 Å². The van der Waals surface area contributed by atoms with E-state index in [-0.39, 0.29) is 5.91 Å². The number of rotatable bonds is 5. The lowest BCUT2D eigenvalue weighted by Crippen LogP contribution is -2.49. The van der Waals surface area contributed by atoms with Crippen molar-refractivity contribution in [3.8, 4) is 0 Å². The standard InChI is InChI=1S/C19H25N5O/c1-15(2)16-5-3-4-6-17(16)22-19(25)14-23-9-11-24(12-10-23)18-13-20-7-8-21-18/h3-8,13,15H,9-12,14H2,1-2H3,(H,22,25). The zero-order chi connectivity index (χ0) is 17.6. The summed E-state index contributed by atoms with van der Waals surface area (Å²) in [6, 6.07) is 8.01. The van der Waals surface area contributed by atoms with Crippen LogP contribution < -0.4 is 10.2 Å². The Labute approximate surface area is 148 Å². The third-order valence-corrected chi connectivity index (χ3v) is 4.47. The number of nitrogens with one attached hydrogen (secondary N) is 1. The first-order valence-corrected chi connectivity index (χ1v) is 8.75. The van der Waals surface area contributed by atoms with Crippen LogP contribution in [-0.4, -0.2) is 53.5 Å². The molecule has 0 spiro atoms. The molecule has 0 atom stereocenters. The Morgan fingerprint density at radius 2 is 1.92 bits per heavy atom. The molecular weight excluding hydrogens is 314 g/mol. The first-order valence-electron chi connectivity index (χ1n) is 8.75. The maximum Gasteiger partial charge on any atom is 0.238 e. The SMILES string of the molecule is CC(C)c1ccccc1NC(=O)CN1CCN(c2cnccn2)CC1. The number of anilines is 2. The average Bonchev–Trinajstić information content (AvgIpc) is 2.63. The first kappa shape index (κ1) is 17.4. The fourth-order valence-corrected chi connectivity index (χ4v) is 3.10.